The monoisotopic (exact) mass is 328 g/mol. The van der Waals surface area contributed by atoms with Gasteiger partial charge in [-0.2, -0.15) is 0 Å². The second-order valence-corrected chi connectivity index (χ2v) is 5.91. The van der Waals surface area contributed by atoms with Crippen molar-refractivity contribution in [1.29, 1.82) is 0 Å². The molecule has 1 N–H and O–H groups in total. The first kappa shape index (κ1) is 18.0. The van der Waals surface area contributed by atoms with Crippen molar-refractivity contribution in [3.05, 3.63) is 35.9 Å². The van der Waals surface area contributed by atoms with Gasteiger partial charge >= 0.3 is 0 Å². The van der Waals surface area contributed by atoms with Crippen LogP contribution in [0.25, 0.3) is 0 Å². The number of amides is 1. The molecular weight excluding hydrogens is 308 g/mol. The molecule has 0 saturated carbocycles. The number of ketones is 1. The molecule has 4 nitrogen and oxygen atoms in total. The van der Waals surface area contributed by atoms with Gasteiger partial charge in [0.1, 0.15) is 0 Å². The number of halogens is 1. The molecule has 0 aromatic heterocycles. The van der Waals surface area contributed by atoms with E-state index in [1.807, 2.05) is 42.2 Å². The average Bonchev–Trinajstić information content (AvgIpc) is 2.48. The molecule has 0 spiro atoms. The molecule has 0 unspecified atom stereocenters. The second kappa shape index (κ2) is 9.07. The molecule has 0 bridgehead atoms. The Morgan fingerprint density at radius 3 is 2.67 bits per heavy atom. The highest BCUT2D eigenvalue weighted by atomic mass is 35.5. The highest BCUT2D eigenvalue weighted by Gasteiger charge is 2.22. The summed E-state index contributed by atoms with van der Waals surface area (Å²) < 4.78 is 0. The van der Waals surface area contributed by atoms with E-state index in [4.69, 9.17) is 0 Å². The van der Waals surface area contributed by atoms with Crippen molar-refractivity contribution in [3.63, 3.8) is 0 Å². The molecule has 1 amide bonds. The van der Waals surface area contributed by atoms with Crippen molar-refractivity contribution in [3.8, 4) is 0 Å². The summed E-state index contributed by atoms with van der Waals surface area (Å²) in [7, 11) is 0. The van der Waals surface area contributed by atoms with Crippen LogP contribution in [0.15, 0.2) is 30.3 Å². The molecule has 1 aliphatic rings. The number of piperazine rings is 1. The maximum atomic E-state index is 12.1. The summed E-state index contributed by atoms with van der Waals surface area (Å²) >= 11 is 1.40. The molecule has 2 rings (SSSR count). The highest BCUT2D eigenvalue weighted by molar-refractivity contribution is 8.00. The Bertz CT molecular complexity index is 470. The van der Waals surface area contributed by atoms with Crippen molar-refractivity contribution in [1.82, 2.24) is 10.2 Å². The number of hydrogen-bond acceptors (Lipinski definition) is 4. The van der Waals surface area contributed by atoms with Crippen molar-refractivity contribution in [2.75, 3.05) is 31.1 Å². The Balaban J connectivity index is 0.00000220. The van der Waals surface area contributed by atoms with Crippen LogP contribution in [0.1, 0.15) is 17.3 Å². The molecule has 1 aromatic carbocycles. The number of carbonyl (C=O) groups excluding carboxylic acids is 2. The molecule has 0 aliphatic carbocycles. The second-order valence-electron chi connectivity index (χ2n) is 4.92. The van der Waals surface area contributed by atoms with Gasteiger partial charge in [-0.15, -0.1) is 24.2 Å². The zero-order valence-corrected chi connectivity index (χ0v) is 13.7. The Hall–Kier alpha value is -1.04. The molecule has 1 saturated heterocycles. The number of nitrogens with zero attached hydrogens (tertiary/aromatic N) is 1. The number of carbonyl (C=O) groups is 2. The lowest BCUT2D eigenvalue weighted by atomic mass is 10.2. The Morgan fingerprint density at radius 1 is 1.29 bits per heavy atom. The summed E-state index contributed by atoms with van der Waals surface area (Å²) in [6.45, 7) is 4.50. The molecular formula is C15H21ClN2O2S. The van der Waals surface area contributed by atoms with Gasteiger partial charge in [-0.3, -0.25) is 9.59 Å². The Labute approximate surface area is 136 Å². The molecule has 1 aromatic rings. The molecule has 1 atom stereocenters. The van der Waals surface area contributed by atoms with E-state index >= 15 is 0 Å². The standard InChI is InChI=1S/C15H20N2O2S.ClH/c1-12-9-16-7-8-17(12)15(19)11-20-10-14(18)13-5-3-2-4-6-13;/h2-6,12,16H,7-11H2,1H3;1H/t12-;/m1./s1. The lowest BCUT2D eigenvalue weighted by molar-refractivity contribution is -0.131. The van der Waals surface area contributed by atoms with E-state index in [1.165, 1.54) is 11.8 Å². The van der Waals surface area contributed by atoms with Crippen molar-refractivity contribution in [2.45, 2.75) is 13.0 Å². The minimum Gasteiger partial charge on any atom is -0.337 e. The van der Waals surface area contributed by atoms with Gasteiger partial charge in [-0.1, -0.05) is 30.3 Å². The number of Topliss-reactive ketones (excluding diaryl/α,β-unsaturated/α-hetero) is 1. The van der Waals surface area contributed by atoms with Crippen molar-refractivity contribution < 1.29 is 9.59 Å². The van der Waals surface area contributed by atoms with Gasteiger partial charge in [0.2, 0.25) is 5.91 Å². The first-order valence-electron chi connectivity index (χ1n) is 6.84. The van der Waals surface area contributed by atoms with Crippen LogP contribution in [0, 0.1) is 0 Å². The van der Waals surface area contributed by atoms with Crippen LogP contribution in [0.2, 0.25) is 0 Å². The predicted octanol–water partition coefficient (Wildman–Crippen LogP) is 1.84. The van der Waals surface area contributed by atoms with Gasteiger partial charge in [-0.25, -0.2) is 0 Å². The summed E-state index contributed by atoms with van der Waals surface area (Å²) in [5.41, 5.74) is 0.711. The lowest BCUT2D eigenvalue weighted by Gasteiger charge is -2.33. The maximum absolute atomic E-state index is 12.1. The van der Waals surface area contributed by atoms with E-state index in [0.29, 0.717) is 17.1 Å². The summed E-state index contributed by atoms with van der Waals surface area (Å²) in [5.74, 6) is 0.945. The van der Waals surface area contributed by atoms with E-state index in [0.717, 1.165) is 19.6 Å². The quantitative estimate of drug-likeness (QED) is 0.838. The maximum Gasteiger partial charge on any atom is 0.232 e. The fraction of sp³-hybridized carbons (Fsp3) is 0.467. The van der Waals surface area contributed by atoms with Crippen LogP contribution in [0.4, 0.5) is 0 Å². The number of thioether (sulfide) groups is 1. The lowest BCUT2D eigenvalue weighted by Crippen LogP contribution is -2.52. The minimum atomic E-state index is 0. The van der Waals surface area contributed by atoms with Crippen LogP contribution in [-0.4, -0.2) is 53.8 Å². The van der Waals surface area contributed by atoms with Crippen LogP contribution >= 0.6 is 24.2 Å². The molecule has 6 heteroatoms. The molecule has 116 valence electrons. The number of hydrogen-bond donors (Lipinski definition) is 1. The molecule has 0 radical (unpaired) electrons. The van der Waals surface area contributed by atoms with E-state index in [1.54, 1.807) is 0 Å². The zero-order chi connectivity index (χ0) is 14.4. The molecule has 1 aliphatic heterocycles. The third-order valence-electron chi connectivity index (χ3n) is 3.38. The van der Waals surface area contributed by atoms with E-state index in [-0.39, 0.29) is 30.1 Å². The first-order chi connectivity index (χ1) is 9.68. The van der Waals surface area contributed by atoms with Gasteiger partial charge < -0.3 is 10.2 Å². The Kier molecular flexibility index (Phi) is 7.78. The van der Waals surface area contributed by atoms with Crippen molar-refractivity contribution >= 4 is 35.9 Å². The summed E-state index contributed by atoms with van der Waals surface area (Å²) in [6, 6.07) is 9.45. The smallest absolute Gasteiger partial charge is 0.232 e. The summed E-state index contributed by atoms with van der Waals surface area (Å²) in [5, 5.41) is 3.26. The van der Waals surface area contributed by atoms with Crippen LogP contribution in [-0.2, 0) is 4.79 Å². The van der Waals surface area contributed by atoms with Crippen LogP contribution in [0.5, 0.6) is 0 Å². The van der Waals surface area contributed by atoms with E-state index < -0.39 is 0 Å². The van der Waals surface area contributed by atoms with Gasteiger partial charge in [0.05, 0.1) is 11.5 Å². The summed E-state index contributed by atoms with van der Waals surface area (Å²) in [4.78, 5) is 25.9. The fourth-order valence-corrected chi connectivity index (χ4v) is 3.03. The van der Waals surface area contributed by atoms with Crippen LogP contribution < -0.4 is 5.32 Å². The van der Waals surface area contributed by atoms with Gasteiger partial charge in [0, 0.05) is 31.2 Å². The third-order valence-corrected chi connectivity index (χ3v) is 4.29. The highest BCUT2D eigenvalue weighted by Crippen LogP contribution is 2.10. The van der Waals surface area contributed by atoms with Crippen molar-refractivity contribution in [2.24, 2.45) is 0 Å². The Morgan fingerprint density at radius 2 is 2.00 bits per heavy atom. The molecule has 1 heterocycles. The summed E-state index contributed by atoms with van der Waals surface area (Å²) in [6.07, 6.45) is 0. The third kappa shape index (κ3) is 5.34. The molecule has 21 heavy (non-hydrogen) atoms. The predicted molar refractivity (Wildman–Crippen MR) is 89.4 cm³/mol. The van der Waals surface area contributed by atoms with Gasteiger partial charge in [-0.05, 0) is 6.92 Å². The fourth-order valence-electron chi connectivity index (χ4n) is 2.23. The number of nitrogens with one attached hydrogen (secondary N) is 1. The minimum absolute atomic E-state index is 0. The normalized spacial score (nSPS) is 18.0. The van der Waals surface area contributed by atoms with E-state index in [2.05, 4.69) is 5.32 Å². The first-order valence-corrected chi connectivity index (χ1v) is 8.00. The van der Waals surface area contributed by atoms with Gasteiger partial charge in [0.15, 0.2) is 5.78 Å². The SMILES string of the molecule is C[C@@H]1CNCCN1C(=O)CSCC(=O)c1ccccc1.Cl. The largest absolute Gasteiger partial charge is 0.337 e. The topological polar surface area (TPSA) is 49.4 Å². The van der Waals surface area contributed by atoms with Crippen LogP contribution in [0.3, 0.4) is 0 Å². The molecule has 1 fully saturated rings. The van der Waals surface area contributed by atoms with E-state index in [9.17, 15) is 9.59 Å². The number of benzene rings is 1. The average molecular weight is 329 g/mol. The zero-order valence-electron chi connectivity index (χ0n) is 12.1. The van der Waals surface area contributed by atoms with Gasteiger partial charge in [0.25, 0.3) is 0 Å². The number of rotatable bonds is 5.